The minimum absolute atomic E-state index is 0.104. The molecule has 5 nitrogen and oxygen atoms in total. The number of aromatic nitrogens is 1. The molecule has 2 saturated heterocycles. The summed E-state index contributed by atoms with van der Waals surface area (Å²) in [6, 6.07) is 2.40. The quantitative estimate of drug-likeness (QED) is 0.922. The summed E-state index contributed by atoms with van der Waals surface area (Å²) in [5.74, 6) is 0.104. The van der Waals surface area contributed by atoms with Gasteiger partial charge in [-0.3, -0.25) is 14.7 Å². The van der Waals surface area contributed by atoms with E-state index in [0.29, 0.717) is 11.6 Å². The van der Waals surface area contributed by atoms with E-state index >= 15 is 0 Å². The molecule has 2 aliphatic heterocycles. The van der Waals surface area contributed by atoms with Crippen molar-refractivity contribution in [1.29, 1.82) is 0 Å². The van der Waals surface area contributed by atoms with Crippen LogP contribution in [0.1, 0.15) is 36.0 Å². The molecule has 0 radical (unpaired) electrons. The Morgan fingerprint density at radius 3 is 2.86 bits per heavy atom. The third-order valence-corrected chi connectivity index (χ3v) is 4.68. The van der Waals surface area contributed by atoms with Crippen LogP contribution in [0, 0.1) is 0 Å². The van der Waals surface area contributed by atoms with E-state index in [-0.39, 0.29) is 5.91 Å². The molecule has 0 aliphatic carbocycles. The van der Waals surface area contributed by atoms with E-state index in [9.17, 15) is 4.79 Å². The van der Waals surface area contributed by atoms with Crippen molar-refractivity contribution in [2.75, 3.05) is 38.5 Å². The molecule has 0 aromatic carbocycles. The van der Waals surface area contributed by atoms with Crippen LogP contribution >= 0.6 is 0 Å². The number of nitrogens with zero attached hydrogens (tertiary/aromatic N) is 3. The molecule has 3 rings (SSSR count). The van der Waals surface area contributed by atoms with Crippen LogP contribution < -0.4 is 5.32 Å². The van der Waals surface area contributed by atoms with Gasteiger partial charge in [0.25, 0.3) is 5.91 Å². The summed E-state index contributed by atoms with van der Waals surface area (Å²) < 4.78 is 0. The van der Waals surface area contributed by atoms with Gasteiger partial charge in [0.05, 0.1) is 5.56 Å². The predicted molar refractivity (Wildman–Crippen MR) is 83.5 cm³/mol. The van der Waals surface area contributed by atoms with Crippen molar-refractivity contribution in [2.24, 2.45) is 0 Å². The van der Waals surface area contributed by atoms with Gasteiger partial charge in [0.2, 0.25) is 0 Å². The zero-order valence-corrected chi connectivity index (χ0v) is 12.7. The molecule has 3 heterocycles. The molecule has 2 fully saturated rings. The number of anilines is 1. The molecule has 1 atom stereocenters. The number of likely N-dealkylation sites (tertiary alicyclic amines) is 2. The zero-order valence-electron chi connectivity index (χ0n) is 12.7. The van der Waals surface area contributed by atoms with E-state index in [1.54, 1.807) is 12.4 Å². The minimum Gasteiger partial charge on any atom is -0.387 e. The molecule has 5 heteroatoms. The summed E-state index contributed by atoms with van der Waals surface area (Å²) in [7, 11) is 1.84. The van der Waals surface area contributed by atoms with E-state index in [1.807, 2.05) is 18.0 Å². The third kappa shape index (κ3) is 3.02. The fraction of sp³-hybridized carbons (Fsp3) is 0.625. The van der Waals surface area contributed by atoms with Crippen molar-refractivity contribution in [3.05, 3.63) is 24.0 Å². The van der Waals surface area contributed by atoms with Gasteiger partial charge in [0.15, 0.2) is 0 Å². The average molecular weight is 288 g/mol. The van der Waals surface area contributed by atoms with E-state index in [0.717, 1.165) is 25.2 Å². The Morgan fingerprint density at radius 2 is 2.10 bits per heavy atom. The second kappa shape index (κ2) is 6.43. The van der Waals surface area contributed by atoms with Gasteiger partial charge in [0, 0.05) is 44.3 Å². The SMILES string of the molecule is CNc1ccncc1C(=O)N1CCC(N2CCCCC2)C1. The van der Waals surface area contributed by atoms with Gasteiger partial charge < -0.3 is 10.2 Å². The fourth-order valence-corrected chi connectivity index (χ4v) is 3.46. The lowest BCUT2D eigenvalue weighted by Crippen LogP contribution is -2.41. The van der Waals surface area contributed by atoms with Gasteiger partial charge in [-0.15, -0.1) is 0 Å². The second-order valence-electron chi connectivity index (χ2n) is 5.96. The maximum atomic E-state index is 12.7. The summed E-state index contributed by atoms with van der Waals surface area (Å²) in [6.45, 7) is 4.11. The maximum absolute atomic E-state index is 12.7. The molecule has 1 aromatic rings. The van der Waals surface area contributed by atoms with Crippen LogP contribution in [0.25, 0.3) is 0 Å². The largest absolute Gasteiger partial charge is 0.387 e. The Bertz CT molecular complexity index is 499. The highest BCUT2D eigenvalue weighted by atomic mass is 16.2. The number of hydrogen-bond donors (Lipinski definition) is 1. The van der Waals surface area contributed by atoms with Crippen molar-refractivity contribution in [1.82, 2.24) is 14.8 Å². The number of piperidine rings is 1. The average Bonchev–Trinajstić information content (AvgIpc) is 3.05. The van der Waals surface area contributed by atoms with E-state index < -0.39 is 0 Å². The maximum Gasteiger partial charge on any atom is 0.257 e. The van der Waals surface area contributed by atoms with Crippen LogP contribution in [0.3, 0.4) is 0 Å². The van der Waals surface area contributed by atoms with Gasteiger partial charge in [-0.1, -0.05) is 6.42 Å². The number of rotatable bonds is 3. The first-order chi connectivity index (χ1) is 10.3. The zero-order chi connectivity index (χ0) is 14.7. The molecule has 0 spiro atoms. The Labute approximate surface area is 126 Å². The number of amides is 1. The first-order valence-electron chi connectivity index (χ1n) is 7.94. The fourth-order valence-electron chi connectivity index (χ4n) is 3.46. The molecule has 21 heavy (non-hydrogen) atoms. The van der Waals surface area contributed by atoms with Gasteiger partial charge >= 0.3 is 0 Å². The van der Waals surface area contributed by atoms with Crippen LogP contribution in [0.2, 0.25) is 0 Å². The van der Waals surface area contributed by atoms with Gasteiger partial charge in [-0.2, -0.15) is 0 Å². The first-order valence-corrected chi connectivity index (χ1v) is 7.94. The van der Waals surface area contributed by atoms with Crippen LogP contribution in [0.15, 0.2) is 18.5 Å². The van der Waals surface area contributed by atoms with Crippen LogP contribution in [0.5, 0.6) is 0 Å². The molecule has 2 aliphatic rings. The van der Waals surface area contributed by atoms with Gasteiger partial charge in [-0.25, -0.2) is 0 Å². The van der Waals surface area contributed by atoms with Gasteiger partial charge in [0.1, 0.15) is 0 Å². The number of carbonyl (C=O) groups excluding carboxylic acids is 1. The number of nitrogens with one attached hydrogen (secondary N) is 1. The Balaban J connectivity index is 1.66. The number of pyridine rings is 1. The topological polar surface area (TPSA) is 48.5 Å². The molecule has 1 N–H and O–H groups in total. The van der Waals surface area contributed by atoms with Gasteiger partial charge in [-0.05, 0) is 38.4 Å². The van der Waals surface area contributed by atoms with Crippen molar-refractivity contribution in [3.8, 4) is 0 Å². The van der Waals surface area contributed by atoms with Crippen LogP contribution in [-0.2, 0) is 0 Å². The number of carbonyl (C=O) groups is 1. The number of hydrogen-bond acceptors (Lipinski definition) is 4. The molecular formula is C16H24N4O. The second-order valence-corrected chi connectivity index (χ2v) is 5.96. The lowest BCUT2D eigenvalue weighted by molar-refractivity contribution is 0.0772. The molecular weight excluding hydrogens is 264 g/mol. The first kappa shape index (κ1) is 14.3. The molecule has 114 valence electrons. The van der Waals surface area contributed by atoms with E-state index in [2.05, 4.69) is 15.2 Å². The normalized spacial score (nSPS) is 23.3. The summed E-state index contributed by atoms with van der Waals surface area (Å²) in [5.41, 5.74) is 1.54. The molecule has 1 unspecified atom stereocenters. The minimum atomic E-state index is 0.104. The highest BCUT2D eigenvalue weighted by Gasteiger charge is 2.32. The van der Waals surface area contributed by atoms with Crippen molar-refractivity contribution in [3.63, 3.8) is 0 Å². The smallest absolute Gasteiger partial charge is 0.257 e. The van der Waals surface area contributed by atoms with E-state index in [1.165, 1.54) is 32.4 Å². The highest BCUT2D eigenvalue weighted by Crippen LogP contribution is 2.23. The molecule has 1 amide bonds. The van der Waals surface area contributed by atoms with Crippen LogP contribution in [0.4, 0.5) is 5.69 Å². The molecule has 0 saturated carbocycles. The monoisotopic (exact) mass is 288 g/mol. The lowest BCUT2D eigenvalue weighted by atomic mass is 10.1. The summed E-state index contributed by atoms with van der Waals surface area (Å²) in [5, 5.41) is 3.08. The van der Waals surface area contributed by atoms with Crippen molar-refractivity contribution >= 4 is 11.6 Å². The third-order valence-electron chi connectivity index (χ3n) is 4.68. The Morgan fingerprint density at radius 1 is 1.29 bits per heavy atom. The van der Waals surface area contributed by atoms with Crippen molar-refractivity contribution < 1.29 is 4.79 Å². The summed E-state index contributed by atoms with van der Waals surface area (Å²) in [4.78, 5) is 21.3. The predicted octanol–water partition coefficient (Wildman–Crippen LogP) is 1.82. The Kier molecular flexibility index (Phi) is 4.39. The molecule has 1 aromatic heterocycles. The summed E-state index contributed by atoms with van der Waals surface area (Å²) >= 11 is 0. The summed E-state index contributed by atoms with van der Waals surface area (Å²) in [6.07, 6.45) is 8.44. The standard InChI is InChI=1S/C16H24N4O/c1-17-15-5-7-18-11-14(15)16(21)20-10-6-13(12-20)19-8-3-2-4-9-19/h5,7,11,13H,2-4,6,8-10,12H2,1H3,(H,17,18). The Hall–Kier alpha value is -1.62. The lowest BCUT2D eigenvalue weighted by Gasteiger charge is -2.32. The highest BCUT2D eigenvalue weighted by molar-refractivity contribution is 5.99. The van der Waals surface area contributed by atoms with E-state index in [4.69, 9.17) is 0 Å². The van der Waals surface area contributed by atoms with Crippen molar-refractivity contribution in [2.45, 2.75) is 31.7 Å². The van der Waals surface area contributed by atoms with Crippen LogP contribution in [-0.4, -0.2) is 60.0 Å². The molecule has 0 bridgehead atoms.